The van der Waals surface area contributed by atoms with E-state index in [4.69, 9.17) is 5.11 Å². The third-order valence-corrected chi connectivity index (χ3v) is 3.15. The number of nitrogens with zero attached hydrogens (tertiary/aromatic N) is 1. The highest BCUT2D eigenvalue weighted by Crippen LogP contribution is 2.29. The van der Waals surface area contributed by atoms with Gasteiger partial charge in [0.2, 0.25) is 0 Å². The first-order valence-electron chi connectivity index (χ1n) is 6.56. The molecule has 2 rings (SSSR count). The van der Waals surface area contributed by atoms with Crippen molar-refractivity contribution >= 4 is 17.5 Å². The number of carboxylic acids is 1. The van der Waals surface area contributed by atoms with Crippen molar-refractivity contribution in [1.29, 1.82) is 0 Å². The molecule has 0 spiro atoms. The largest absolute Gasteiger partial charge is 0.477 e. The van der Waals surface area contributed by atoms with Gasteiger partial charge in [-0.15, -0.1) is 0 Å². The van der Waals surface area contributed by atoms with Crippen LogP contribution in [0, 0.1) is 6.92 Å². The standard InChI is InChI=1S/C16H18N2O2/c1-10(2)12-7-4-6-11(3)15(12)18-14-9-5-8-13(17-14)16(19)20/h4-10H,1-3H3,(H,17,18)(H,19,20). The molecule has 104 valence electrons. The average Bonchev–Trinajstić information content (AvgIpc) is 2.41. The van der Waals surface area contributed by atoms with Crippen molar-refractivity contribution in [2.24, 2.45) is 0 Å². The Labute approximate surface area is 118 Å². The predicted octanol–water partition coefficient (Wildman–Crippen LogP) is 3.96. The molecule has 2 aromatic rings. The van der Waals surface area contributed by atoms with Gasteiger partial charge in [0.05, 0.1) is 0 Å². The van der Waals surface area contributed by atoms with E-state index in [-0.39, 0.29) is 5.69 Å². The molecule has 0 fully saturated rings. The van der Waals surface area contributed by atoms with Gasteiger partial charge in [0.1, 0.15) is 5.82 Å². The van der Waals surface area contributed by atoms with E-state index in [0.29, 0.717) is 11.7 Å². The average molecular weight is 270 g/mol. The highest BCUT2D eigenvalue weighted by atomic mass is 16.4. The van der Waals surface area contributed by atoms with Gasteiger partial charge >= 0.3 is 5.97 Å². The van der Waals surface area contributed by atoms with E-state index >= 15 is 0 Å². The van der Waals surface area contributed by atoms with Crippen molar-refractivity contribution in [1.82, 2.24) is 4.98 Å². The maximum absolute atomic E-state index is 11.0. The molecule has 0 amide bonds. The lowest BCUT2D eigenvalue weighted by molar-refractivity contribution is 0.0690. The van der Waals surface area contributed by atoms with Gasteiger partial charge in [-0.1, -0.05) is 38.1 Å². The van der Waals surface area contributed by atoms with Crippen LogP contribution in [0.1, 0.15) is 41.4 Å². The fourth-order valence-electron chi connectivity index (χ4n) is 2.09. The number of anilines is 2. The molecule has 0 aliphatic carbocycles. The number of aromatic nitrogens is 1. The number of carbonyl (C=O) groups is 1. The van der Waals surface area contributed by atoms with Crippen molar-refractivity contribution in [3.63, 3.8) is 0 Å². The zero-order valence-corrected chi connectivity index (χ0v) is 11.8. The number of benzene rings is 1. The number of aromatic carboxylic acids is 1. The Morgan fingerprint density at radius 1 is 1.20 bits per heavy atom. The normalized spacial score (nSPS) is 10.6. The van der Waals surface area contributed by atoms with E-state index < -0.39 is 5.97 Å². The van der Waals surface area contributed by atoms with E-state index in [1.807, 2.05) is 19.1 Å². The molecule has 0 bridgehead atoms. The molecule has 0 saturated carbocycles. The van der Waals surface area contributed by atoms with Crippen LogP contribution in [0.4, 0.5) is 11.5 Å². The predicted molar refractivity (Wildman–Crippen MR) is 79.7 cm³/mol. The number of pyridine rings is 1. The van der Waals surface area contributed by atoms with Crippen LogP contribution in [-0.2, 0) is 0 Å². The van der Waals surface area contributed by atoms with Crippen LogP contribution >= 0.6 is 0 Å². The zero-order chi connectivity index (χ0) is 14.7. The zero-order valence-electron chi connectivity index (χ0n) is 11.8. The molecule has 0 radical (unpaired) electrons. The summed E-state index contributed by atoms with van der Waals surface area (Å²) in [6.45, 7) is 6.28. The summed E-state index contributed by atoms with van der Waals surface area (Å²) >= 11 is 0. The number of rotatable bonds is 4. The molecule has 0 aliphatic rings. The summed E-state index contributed by atoms with van der Waals surface area (Å²) in [7, 11) is 0. The highest BCUT2D eigenvalue weighted by Gasteiger charge is 2.11. The first-order valence-corrected chi connectivity index (χ1v) is 6.56. The van der Waals surface area contributed by atoms with Gasteiger partial charge in [0.15, 0.2) is 5.69 Å². The molecule has 1 heterocycles. The maximum atomic E-state index is 11.0. The van der Waals surface area contributed by atoms with Crippen molar-refractivity contribution < 1.29 is 9.90 Å². The van der Waals surface area contributed by atoms with Crippen LogP contribution in [0.5, 0.6) is 0 Å². The van der Waals surface area contributed by atoms with Gasteiger partial charge in [-0.25, -0.2) is 9.78 Å². The number of aryl methyl sites for hydroxylation is 1. The van der Waals surface area contributed by atoms with Gasteiger partial charge in [0.25, 0.3) is 0 Å². The lowest BCUT2D eigenvalue weighted by Crippen LogP contribution is -2.05. The summed E-state index contributed by atoms with van der Waals surface area (Å²) in [6.07, 6.45) is 0. The Morgan fingerprint density at radius 2 is 1.90 bits per heavy atom. The van der Waals surface area contributed by atoms with Crippen LogP contribution < -0.4 is 5.32 Å². The van der Waals surface area contributed by atoms with Crippen molar-refractivity contribution in [3.8, 4) is 0 Å². The minimum atomic E-state index is -1.03. The molecule has 0 unspecified atom stereocenters. The topological polar surface area (TPSA) is 62.2 Å². The molecule has 1 aromatic heterocycles. The van der Waals surface area contributed by atoms with E-state index in [1.54, 1.807) is 12.1 Å². The molecule has 4 nitrogen and oxygen atoms in total. The van der Waals surface area contributed by atoms with Crippen LogP contribution in [0.15, 0.2) is 36.4 Å². The summed E-state index contributed by atoms with van der Waals surface area (Å²) < 4.78 is 0. The third kappa shape index (κ3) is 2.96. The molecule has 4 heteroatoms. The van der Waals surface area contributed by atoms with Gasteiger partial charge in [-0.05, 0) is 36.1 Å². The summed E-state index contributed by atoms with van der Waals surface area (Å²) in [4.78, 5) is 15.1. The van der Waals surface area contributed by atoms with E-state index in [2.05, 4.69) is 30.2 Å². The Hall–Kier alpha value is -2.36. The van der Waals surface area contributed by atoms with Crippen LogP contribution in [0.3, 0.4) is 0 Å². The molecular formula is C16H18N2O2. The lowest BCUT2D eigenvalue weighted by atomic mass is 9.98. The minimum Gasteiger partial charge on any atom is -0.477 e. The molecule has 1 aromatic carbocycles. The molecule has 2 N–H and O–H groups in total. The Balaban J connectivity index is 2.39. The Morgan fingerprint density at radius 3 is 2.55 bits per heavy atom. The van der Waals surface area contributed by atoms with Crippen LogP contribution in [0.2, 0.25) is 0 Å². The summed E-state index contributed by atoms with van der Waals surface area (Å²) in [5.41, 5.74) is 3.33. The second-order valence-corrected chi connectivity index (χ2v) is 5.03. The summed E-state index contributed by atoms with van der Waals surface area (Å²) in [6, 6.07) is 11.1. The minimum absolute atomic E-state index is 0.0367. The number of nitrogens with one attached hydrogen (secondary N) is 1. The number of para-hydroxylation sites is 1. The summed E-state index contributed by atoms with van der Waals surface area (Å²) in [5.74, 6) is -0.108. The van der Waals surface area contributed by atoms with Gasteiger partial charge in [0, 0.05) is 5.69 Å². The van der Waals surface area contributed by atoms with E-state index in [9.17, 15) is 4.79 Å². The van der Waals surface area contributed by atoms with Gasteiger partial charge in [-0.2, -0.15) is 0 Å². The second kappa shape index (κ2) is 5.74. The smallest absolute Gasteiger partial charge is 0.354 e. The Kier molecular flexibility index (Phi) is 4.03. The first kappa shape index (κ1) is 14.1. The third-order valence-electron chi connectivity index (χ3n) is 3.15. The lowest BCUT2D eigenvalue weighted by Gasteiger charge is -2.17. The molecule has 0 aliphatic heterocycles. The molecule has 20 heavy (non-hydrogen) atoms. The van der Waals surface area contributed by atoms with Gasteiger partial charge < -0.3 is 10.4 Å². The number of hydrogen-bond donors (Lipinski definition) is 2. The first-order chi connectivity index (χ1) is 9.49. The molecule has 0 saturated heterocycles. The van der Waals surface area contributed by atoms with E-state index in [0.717, 1.165) is 11.3 Å². The van der Waals surface area contributed by atoms with Crippen LogP contribution in [0.25, 0.3) is 0 Å². The quantitative estimate of drug-likeness (QED) is 0.882. The Bertz CT molecular complexity index is 636. The monoisotopic (exact) mass is 270 g/mol. The van der Waals surface area contributed by atoms with Crippen molar-refractivity contribution in [2.45, 2.75) is 26.7 Å². The maximum Gasteiger partial charge on any atom is 0.354 e. The summed E-state index contributed by atoms with van der Waals surface area (Å²) in [5, 5.41) is 12.2. The number of carboxylic acid groups (broad SMARTS) is 1. The van der Waals surface area contributed by atoms with E-state index in [1.165, 1.54) is 11.6 Å². The van der Waals surface area contributed by atoms with Crippen LogP contribution in [-0.4, -0.2) is 16.1 Å². The number of hydrogen-bond acceptors (Lipinski definition) is 3. The molecular weight excluding hydrogens is 252 g/mol. The van der Waals surface area contributed by atoms with Crippen molar-refractivity contribution in [3.05, 3.63) is 53.2 Å². The fourth-order valence-corrected chi connectivity index (χ4v) is 2.09. The fraction of sp³-hybridized carbons (Fsp3) is 0.250. The van der Waals surface area contributed by atoms with Crippen molar-refractivity contribution in [2.75, 3.05) is 5.32 Å². The van der Waals surface area contributed by atoms with Gasteiger partial charge in [-0.3, -0.25) is 0 Å². The molecule has 0 atom stereocenters. The second-order valence-electron chi connectivity index (χ2n) is 5.03. The highest BCUT2D eigenvalue weighted by molar-refractivity contribution is 5.86. The SMILES string of the molecule is Cc1cccc(C(C)C)c1Nc1cccc(C(=O)O)n1.